The van der Waals surface area contributed by atoms with Gasteiger partial charge in [-0.1, -0.05) is 49.0 Å². The van der Waals surface area contributed by atoms with E-state index in [2.05, 4.69) is 18.7 Å². The molecule has 0 fully saturated rings. The number of hydrogen-bond acceptors (Lipinski definition) is 3. The second-order valence-electron chi connectivity index (χ2n) is 5.61. The Labute approximate surface area is 141 Å². The number of benzene rings is 3. The molecule has 3 heteroatoms. The molecule has 3 nitrogen and oxygen atoms in total. The third-order valence-electron chi connectivity index (χ3n) is 3.60. The molecule has 0 bridgehead atoms. The third-order valence-corrected chi connectivity index (χ3v) is 3.60. The van der Waals surface area contributed by atoms with Crippen LogP contribution in [0, 0.1) is 0 Å². The normalized spacial score (nSPS) is 10.4. The lowest BCUT2D eigenvalue weighted by atomic mass is 10.1. The SMILES string of the molecule is C=C(C)C(=O)OCc1ccc(Oc2ccc3ccccc3c2)cc1. The van der Waals surface area contributed by atoms with E-state index in [9.17, 15) is 4.79 Å². The minimum atomic E-state index is -0.383. The second kappa shape index (κ2) is 7.01. The Morgan fingerprint density at radius 2 is 1.58 bits per heavy atom. The quantitative estimate of drug-likeness (QED) is 0.476. The van der Waals surface area contributed by atoms with Crippen LogP contribution in [-0.4, -0.2) is 5.97 Å². The van der Waals surface area contributed by atoms with Crippen molar-refractivity contribution >= 4 is 16.7 Å². The summed E-state index contributed by atoms with van der Waals surface area (Å²) in [7, 11) is 0. The van der Waals surface area contributed by atoms with Crippen molar-refractivity contribution in [2.45, 2.75) is 13.5 Å². The van der Waals surface area contributed by atoms with Gasteiger partial charge < -0.3 is 9.47 Å². The first-order valence-electron chi connectivity index (χ1n) is 7.70. The maximum atomic E-state index is 11.4. The smallest absolute Gasteiger partial charge is 0.333 e. The number of esters is 1. The van der Waals surface area contributed by atoms with E-state index in [1.807, 2.05) is 54.6 Å². The average Bonchev–Trinajstić information content (AvgIpc) is 2.60. The molecular formula is C21H18O3. The molecule has 0 aliphatic heterocycles. The zero-order valence-electron chi connectivity index (χ0n) is 13.5. The van der Waals surface area contributed by atoms with E-state index >= 15 is 0 Å². The van der Waals surface area contributed by atoms with E-state index in [1.165, 1.54) is 5.39 Å². The summed E-state index contributed by atoms with van der Waals surface area (Å²) in [6, 6.07) is 21.6. The Balaban J connectivity index is 1.66. The lowest BCUT2D eigenvalue weighted by Gasteiger charge is -2.08. The summed E-state index contributed by atoms with van der Waals surface area (Å²) in [5.41, 5.74) is 1.29. The summed E-state index contributed by atoms with van der Waals surface area (Å²) >= 11 is 0. The van der Waals surface area contributed by atoms with Crippen LogP contribution in [-0.2, 0) is 16.1 Å². The van der Waals surface area contributed by atoms with Gasteiger partial charge in [0.15, 0.2) is 0 Å². The fourth-order valence-corrected chi connectivity index (χ4v) is 2.29. The summed E-state index contributed by atoms with van der Waals surface area (Å²) in [6.45, 7) is 5.41. The molecule has 0 N–H and O–H groups in total. The minimum absolute atomic E-state index is 0.224. The van der Waals surface area contributed by atoms with Crippen molar-refractivity contribution < 1.29 is 14.3 Å². The highest BCUT2D eigenvalue weighted by molar-refractivity contribution is 5.87. The Morgan fingerprint density at radius 3 is 2.29 bits per heavy atom. The van der Waals surface area contributed by atoms with Gasteiger partial charge in [-0.2, -0.15) is 0 Å². The van der Waals surface area contributed by atoms with Gasteiger partial charge in [-0.15, -0.1) is 0 Å². The first kappa shape index (κ1) is 15.8. The van der Waals surface area contributed by atoms with Crippen LogP contribution in [0.2, 0.25) is 0 Å². The zero-order chi connectivity index (χ0) is 16.9. The van der Waals surface area contributed by atoms with Gasteiger partial charge in [0.25, 0.3) is 0 Å². The predicted molar refractivity (Wildman–Crippen MR) is 95.1 cm³/mol. The van der Waals surface area contributed by atoms with Gasteiger partial charge in [-0.05, 0) is 47.5 Å². The fourth-order valence-electron chi connectivity index (χ4n) is 2.29. The molecule has 0 saturated heterocycles. The monoisotopic (exact) mass is 318 g/mol. The molecular weight excluding hydrogens is 300 g/mol. The fraction of sp³-hybridized carbons (Fsp3) is 0.0952. The Bertz CT molecular complexity index is 879. The lowest BCUT2D eigenvalue weighted by molar-refractivity contribution is -0.140. The van der Waals surface area contributed by atoms with E-state index in [0.29, 0.717) is 5.57 Å². The molecule has 0 unspecified atom stereocenters. The number of ether oxygens (including phenoxy) is 2. The van der Waals surface area contributed by atoms with Gasteiger partial charge >= 0.3 is 5.97 Å². The van der Waals surface area contributed by atoms with Crippen molar-refractivity contribution in [3.63, 3.8) is 0 Å². The molecule has 0 spiro atoms. The summed E-state index contributed by atoms with van der Waals surface area (Å²) in [4.78, 5) is 11.4. The Morgan fingerprint density at radius 1 is 0.917 bits per heavy atom. The van der Waals surface area contributed by atoms with Crippen molar-refractivity contribution in [3.8, 4) is 11.5 Å². The van der Waals surface area contributed by atoms with Gasteiger partial charge in [0.2, 0.25) is 0 Å². The molecule has 3 aromatic carbocycles. The number of hydrogen-bond donors (Lipinski definition) is 0. The molecule has 0 radical (unpaired) electrons. The topological polar surface area (TPSA) is 35.5 Å². The second-order valence-corrected chi connectivity index (χ2v) is 5.61. The van der Waals surface area contributed by atoms with Crippen molar-refractivity contribution in [1.82, 2.24) is 0 Å². The number of carbonyl (C=O) groups is 1. The van der Waals surface area contributed by atoms with Crippen molar-refractivity contribution in [3.05, 3.63) is 84.4 Å². The van der Waals surface area contributed by atoms with E-state index in [1.54, 1.807) is 6.92 Å². The van der Waals surface area contributed by atoms with Gasteiger partial charge in [0, 0.05) is 5.57 Å². The van der Waals surface area contributed by atoms with Gasteiger partial charge in [0.1, 0.15) is 18.1 Å². The first-order chi connectivity index (χ1) is 11.6. The molecule has 0 saturated carbocycles. The molecule has 0 heterocycles. The number of carbonyl (C=O) groups excluding carboxylic acids is 1. The van der Waals surface area contributed by atoms with Crippen molar-refractivity contribution in [1.29, 1.82) is 0 Å². The zero-order valence-corrected chi connectivity index (χ0v) is 13.5. The highest BCUT2D eigenvalue weighted by atomic mass is 16.5. The summed E-state index contributed by atoms with van der Waals surface area (Å²) in [6.07, 6.45) is 0. The Kier molecular flexibility index (Phi) is 4.62. The lowest BCUT2D eigenvalue weighted by Crippen LogP contribution is -2.04. The van der Waals surface area contributed by atoms with Gasteiger partial charge in [0.05, 0.1) is 0 Å². The van der Waals surface area contributed by atoms with Gasteiger partial charge in [-0.25, -0.2) is 4.79 Å². The highest BCUT2D eigenvalue weighted by Gasteiger charge is 2.04. The average molecular weight is 318 g/mol. The molecule has 120 valence electrons. The molecule has 0 aromatic heterocycles. The predicted octanol–water partition coefficient (Wildman–Crippen LogP) is 5.25. The van der Waals surface area contributed by atoms with Crippen LogP contribution in [0.4, 0.5) is 0 Å². The van der Waals surface area contributed by atoms with E-state index in [4.69, 9.17) is 9.47 Å². The summed E-state index contributed by atoms with van der Waals surface area (Å²) < 4.78 is 11.0. The van der Waals surface area contributed by atoms with Crippen LogP contribution < -0.4 is 4.74 Å². The van der Waals surface area contributed by atoms with E-state index < -0.39 is 0 Å². The van der Waals surface area contributed by atoms with Crippen LogP contribution in [0.15, 0.2) is 78.9 Å². The largest absolute Gasteiger partial charge is 0.457 e. The van der Waals surface area contributed by atoms with Gasteiger partial charge in [-0.3, -0.25) is 0 Å². The van der Waals surface area contributed by atoms with Crippen LogP contribution in [0.25, 0.3) is 10.8 Å². The highest BCUT2D eigenvalue weighted by Crippen LogP contribution is 2.26. The van der Waals surface area contributed by atoms with Crippen molar-refractivity contribution in [2.24, 2.45) is 0 Å². The van der Waals surface area contributed by atoms with Crippen LogP contribution >= 0.6 is 0 Å². The van der Waals surface area contributed by atoms with Crippen LogP contribution in [0.5, 0.6) is 11.5 Å². The third kappa shape index (κ3) is 3.82. The van der Waals surface area contributed by atoms with Crippen LogP contribution in [0.1, 0.15) is 12.5 Å². The molecule has 0 aliphatic rings. The van der Waals surface area contributed by atoms with E-state index in [-0.39, 0.29) is 12.6 Å². The molecule has 3 aromatic rings. The van der Waals surface area contributed by atoms with Crippen LogP contribution in [0.3, 0.4) is 0 Å². The summed E-state index contributed by atoms with van der Waals surface area (Å²) in [5, 5.41) is 2.32. The molecule has 0 atom stereocenters. The molecule has 24 heavy (non-hydrogen) atoms. The summed E-state index contributed by atoms with van der Waals surface area (Å²) in [5.74, 6) is 1.14. The molecule has 0 amide bonds. The number of rotatable bonds is 5. The minimum Gasteiger partial charge on any atom is -0.457 e. The standard InChI is InChI=1S/C21H18O3/c1-15(2)21(22)23-14-16-7-10-19(11-8-16)24-20-12-9-17-5-3-4-6-18(17)13-20/h3-13H,1,14H2,2H3. The first-order valence-corrected chi connectivity index (χ1v) is 7.70. The van der Waals surface area contributed by atoms with Crippen molar-refractivity contribution in [2.75, 3.05) is 0 Å². The van der Waals surface area contributed by atoms with E-state index in [0.717, 1.165) is 22.4 Å². The maximum Gasteiger partial charge on any atom is 0.333 e. The molecule has 3 rings (SSSR count). The maximum absolute atomic E-state index is 11.4. The molecule has 0 aliphatic carbocycles. The number of fused-ring (bicyclic) bond motifs is 1. The Hall–Kier alpha value is -3.07.